The molecule has 0 radical (unpaired) electrons. The van der Waals surface area contributed by atoms with Crippen molar-refractivity contribution in [2.75, 3.05) is 19.1 Å². The van der Waals surface area contributed by atoms with Crippen LogP contribution < -0.4 is 5.32 Å². The lowest BCUT2D eigenvalue weighted by Crippen LogP contribution is -2.34. The molecule has 0 heterocycles. The van der Waals surface area contributed by atoms with E-state index in [0.717, 1.165) is 5.75 Å². The average Bonchev–Trinajstić information content (AvgIpc) is 1.89. The minimum atomic E-state index is 0.0254. The van der Waals surface area contributed by atoms with Crippen LogP contribution in [0.3, 0.4) is 0 Å². The van der Waals surface area contributed by atoms with Crippen LogP contribution in [0.1, 0.15) is 6.92 Å². The fraction of sp³-hybridized carbons (Fsp3) is 0.833. The van der Waals surface area contributed by atoms with Gasteiger partial charge in [-0.1, -0.05) is 21.6 Å². The minimum absolute atomic E-state index is 0.0254. The Morgan fingerprint density at radius 1 is 1.70 bits per heavy atom. The summed E-state index contributed by atoms with van der Waals surface area (Å²) >= 11 is 0. The van der Waals surface area contributed by atoms with E-state index in [1.54, 1.807) is 28.5 Å². The summed E-state index contributed by atoms with van der Waals surface area (Å²) in [7, 11) is 5.20. The summed E-state index contributed by atoms with van der Waals surface area (Å²) in [4.78, 5) is 10.8. The van der Waals surface area contributed by atoms with Crippen molar-refractivity contribution in [3.63, 3.8) is 0 Å². The molecule has 4 heteroatoms. The third kappa shape index (κ3) is 4.19. The van der Waals surface area contributed by atoms with Gasteiger partial charge in [0.05, 0.1) is 6.04 Å². The maximum Gasteiger partial charge on any atom is 0.147 e. The highest BCUT2D eigenvalue weighted by molar-refractivity contribution is 8.76. The summed E-state index contributed by atoms with van der Waals surface area (Å²) in [5.41, 5.74) is 0. The molecule has 0 aromatic heterocycles. The second-order valence-corrected chi connectivity index (χ2v) is 4.51. The number of rotatable bonds is 5. The minimum Gasteiger partial charge on any atom is -0.310 e. The largest absolute Gasteiger partial charge is 0.310 e. The first-order valence-electron chi connectivity index (χ1n) is 3.05. The zero-order valence-electron chi connectivity index (χ0n) is 6.51. The van der Waals surface area contributed by atoms with Crippen LogP contribution in [0, 0.1) is 0 Å². The fourth-order valence-electron chi connectivity index (χ4n) is 0.540. The van der Waals surface area contributed by atoms with E-state index in [1.165, 1.54) is 0 Å². The lowest BCUT2D eigenvalue weighted by atomic mass is 10.2. The monoisotopic (exact) mass is 179 g/mol. The van der Waals surface area contributed by atoms with Crippen LogP contribution in [0.4, 0.5) is 0 Å². The molecule has 0 amide bonds. The molecule has 0 aromatic rings. The van der Waals surface area contributed by atoms with E-state index in [1.807, 2.05) is 13.3 Å². The predicted octanol–water partition coefficient (Wildman–Crippen LogP) is 1.17. The molecule has 0 aliphatic heterocycles. The Kier molecular flexibility index (Phi) is 6.27. The molecule has 0 fully saturated rings. The molecule has 2 nitrogen and oxygen atoms in total. The number of carbonyl (C=O) groups is 1. The third-order valence-electron chi connectivity index (χ3n) is 1.19. The van der Waals surface area contributed by atoms with Crippen molar-refractivity contribution in [1.82, 2.24) is 5.32 Å². The van der Waals surface area contributed by atoms with Crippen LogP contribution in [0.2, 0.25) is 0 Å². The molecule has 0 aliphatic carbocycles. The van der Waals surface area contributed by atoms with Gasteiger partial charge >= 0.3 is 0 Å². The van der Waals surface area contributed by atoms with Crippen molar-refractivity contribution in [3.8, 4) is 0 Å². The number of carbonyl (C=O) groups excluding carboxylic acids is 1. The van der Waals surface area contributed by atoms with E-state index in [4.69, 9.17) is 0 Å². The molecule has 1 N–H and O–H groups in total. The molecule has 10 heavy (non-hydrogen) atoms. The predicted molar refractivity (Wildman–Crippen MR) is 49.5 cm³/mol. The lowest BCUT2D eigenvalue weighted by molar-refractivity contribution is -0.118. The summed E-state index contributed by atoms with van der Waals surface area (Å²) in [6, 6.07) is 0.0254. The first-order chi connectivity index (χ1) is 4.72. The number of hydrogen-bond donors (Lipinski definition) is 1. The van der Waals surface area contributed by atoms with Crippen molar-refractivity contribution in [2.45, 2.75) is 13.0 Å². The van der Waals surface area contributed by atoms with Crippen LogP contribution in [0.5, 0.6) is 0 Å². The molecule has 0 saturated carbocycles. The van der Waals surface area contributed by atoms with Gasteiger partial charge in [-0.05, 0) is 20.2 Å². The van der Waals surface area contributed by atoms with Gasteiger partial charge in [0.2, 0.25) is 0 Å². The van der Waals surface area contributed by atoms with E-state index in [-0.39, 0.29) is 11.8 Å². The smallest absolute Gasteiger partial charge is 0.147 e. The van der Waals surface area contributed by atoms with E-state index in [2.05, 4.69) is 5.32 Å². The van der Waals surface area contributed by atoms with Gasteiger partial charge in [-0.2, -0.15) is 0 Å². The zero-order chi connectivity index (χ0) is 7.98. The molecular formula is C6H13NOS2. The van der Waals surface area contributed by atoms with Gasteiger partial charge in [-0.15, -0.1) is 0 Å². The Morgan fingerprint density at radius 2 is 2.30 bits per heavy atom. The Hall–Kier alpha value is 0.330. The average molecular weight is 179 g/mol. The molecule has 0 aliphatic rings. The highest BCUT2D eigenvalue weighted by atomic mass is 33.1. The van der Waals surface area contributed by atoms with E-state index < -0.39 is 0 Å². The first-order valence-corrected chi connectivity index (χ1v) is 5.78. The second-order valence-electron chi connectivity index (χ2n) is 1.90. The highest BCUT2D eigenvalue weighted by Crippen LogP contribution is 2.17. The first kappa shape index (κ1) is 10.3. The molecular weight excluding hydrogens is 166 g/mol. The zero-order valence-corrected chi connectivity index (χ0v) is 8.14. The van der Waals surface area contributed by atoms with E-state index in [9.17, 15) is 4.79 Å². The molecule has 0 spiro atoms. The van der Waals surface area contributed by atoms with Crippen LogP contribution in [0.15, 0.2) is 0 Å². The summed E-state index contributed by atoms with van der Waals surface area (Å²) in [5.74, 6) is 1.07. The summed E-state index contributed by atoms with van der Waals surface area (Å²) in [5, 5.41) is 2.95. The van der Waals surface area contributed by atoms with Gasteiger partial charge in [-0.3, -0.25) is 4.79 Å². The van der Waals surface area contributed by atoms with Gasteiger partial charge in [0.25, 0.3) is 0 Å². The van der Waals surface area contributed by atoms with Gasteiger partial charge < -0.3 is 5.32 Å². The molecule has 0 saturated heterocycles. The van der Waals surface area contributed by atoms with Crippen molar-refractivity contribution in [3.05, 3.63) is 0 Å². The summed E-state index contributed by atoms with van der Waals surface area (Å²) in [6.45, 7) is 1.61. The molecule has 60 valence electrons. The van der Waals surface area contributed by atoms with Crippen molar-refractivity contribution < 1.29 is 4.79 Å². The topological polar surface area (TPSA) is 29.1 Å². The number of Topliss-reactive ketones (excluding diaryl/α,β-unsaturated/α-hetero) is 1. The Morgan fingerprint density at radius 3 is 2.60 bits per heavy atom. The van der Waals surface area contributed by atoms with Crippen molar-refractivity contribution in [2.24, 2.45) is 0 Å². The van der Waals surface area contributed by atoms with Gasteiger partial charge in [-0.25, -0.2) is 0 Å². The van der Waals surface area contributed by atoms with Crippen molar-refractivity contribution in [1.29, 1.82) is 0 Å². The van der Waals surface area contributed by atoms with Gasteiger partial charge in [0.1, 0.15) is 5.78 Å². The number of hydrogen-bond acceptors (Lipinski definition) is 4. The van der Waals surface area contributed by atoms with Gasteiger partial charge in [0, 0.05) is 5.75 Å². The fourth-order valence-corrected chi connectivity index (χ4v) is 2.03. The Bertz CT molecular complexity index is 108. The molecule has 1 atom stereocenters. The lowest BCUT2D eigenvalue weighted by Gasteiger charge is -2.09. The SMILES string of the molecule is CNC(CSSC)C(C)=O. The van der Waals surface area contributed by atoms with Crippen molar-refractivity contribution >= 4 is 27.4 Å². The number of likely N-dealkylation sites (N-methyl/N-ethyl adjacent to an activating group) is 1. The Balaban J connectivity index is 3.50. The van der Waals surface area contributed by atoms with E-state index >= 15 is 0 Å². The summed E-state index contributed by atoms with van der Waals surface area (Å²) in [6.07, 6.45) is 2.01. The van der Waals surface area contributed by atoms with Crippen LogP contribution in [0.25, 0.3) is 0 Å². The Labute approximate surface area is 69.9 Å². The normalized spacial score (nSPS) is 13.1. The quantitative estimate of drug-likeness (QED) is 0.642. The second kappa shape index (κ2) is 6.07. The molecule has 0 aromatic carbocycles. The molecule has 0 rings (SSSR count). The van der Waals surface area contributed by atoms with Crippen LogP contribution in [-0.4, -0.2) is 30.9 Å². The van der Waals surface area contributed by atoms with Crippen LogP contribution in [-0.2, 0) is 4.79 Å². The summed E-state index contributed by atoms with van der Waals surface area (Å²) < 4.78 is 0. The number of ketones is 1. The van der Waals surface area contributed by atoms with Crippen LogP contribution >= 0.6 is 21.6 Å². The third-order valence-corrected chi connectivity index (χ3v) is 3.01. The highest BCUT2D eigenvalue weighted by Gasteiger charge is 2.09. The van der Waals surface area contributed by atoms with Gasteiger partial charge in [0.15, 0.2) is 0 Å². The molecule has 1 unspecified atom stereocenters. The number of nitrogens with one attached hydrogen (secondary N) is 1. The maximum atomic E-state index is 10.8. The standard InChI is InChI=1S/C6H13NOS2/c1-5(8)6(7-2)4-10-9-3/h6-7H,4H2,1-3H3. The van der Waals surface area contributed by atoms with E-state index in [0.29, 0.717) is 0 Å². The molecule has 0 bridgehead atoms. The maximum absolute atomic E-state index is 10.8.